The lowest BCUT2D eigenvalue weighted by molar-refractivity contribution is -0.140. The summed E-state index contributed by atoms with van der Waals surface area (Å²) in [6.07, 6.45) is 5.95. The van der Waals surface area contributed by atoms with Gasteiger partial charge in [-0.2, -0.15) is 0 Å². The number of carbonyl (C=O) groups is 2. The number of hydrogen-bond acceptors (Lipinski definition) is 2. The molecule has 4 heteroatoms. The van der Waals surface area contributed by atoms with Crippen molar-refractivity contribution in [3.8, 4) is 0 Å². The van der Waals surface area contributed by atoms with E-state index in [2.05, 4.69) is 5.32 Å². The predicted molar refractivity (Wildman–Crippen MR) is 121 cm³/mol. The van der Waals surface area contributed by atoms with E-state index in [0.29, 0.717) is 13.0 Å². The molecular formula is C26H34N2O2. The molecule has 1 unspecified atom stereocenters. The molecule has 1 N–H and O–H groups in total. The Bertz CT molecular complexity index is 836. The SMILES string of the molecule is Cc1ccc(CC(=O)N(Cc2ccc(C)cc2)C(C)C(=O)NC2CCCCC2)cc1. The number of hydrogen-bond donors (Lipinski definition) is 1. The lowest BCUT2D eigenvalue weighted by atomic mass is 9.95. The van der Waals surface area contributed by atoms with Crippen molar-refractivity contribution in [3.63, 3.8) is 0 Å². The highest BCUT2D eigenvalue weighted by Crippen LogP contribution is 2.19. The second kappa shape index (κ2) is 10.4. The summed E-state index contributed by atoms with van der Waals surface area (Å²) in [5.74, 6) is -0.0722. The molecule has 1 aliphatic rings. The lowest BCUT2D eigenvalue weighted by Crippen LogP contribution is -2.50. The number of aryl methyl sites for hydroxylation is 2. The maximum Gasteiger partial charge on any atom is 0.242 e. The summed E-state index contributed by atoms with van der Waals surface area (Å²) >= 11 is 0. The summed E-state index contributed by atoms with van der Waals surface area (Å²) in [6.45, 7) is 6.36. The van der Waals surface area contributed by atoms with Gasteiger partial charge >= 0.3 is 0 Å². The number of nitrogens with one attached hydrogen (secondary N) is 1. The number of amides is 2. The Morgan fingerprint density at radius 2 is 1.43 bits per heavy atom. The van der Waals surface area contributed by atoms with Gasteiger partial charge in [0, 0.05) is 12.6 Å². The van der Waals surface area contributed by atoms with Gasteiger partial charge in [0.05, 0.1) is 6.42 Å². The minimum atomic E-state index is -0.508. The third kappa shape index (κ3) is 6.19. The quantitative estimate of drug-likeness (QED) is 0.724. The Morgan fingerprint density at radius 1 is 0.900 bits per heavy atom. The number of carbonyl (C=O) groups excluding carboxylic acids is 2. The third-order valence-electron chi connectivity index (χ3n) is 6.07. The highest BCUT2D eigenvalue weighted by molar-refractivity contribution is 5.88. The van der Waals surface area contributed by atoms with Crippen molar-refractivity contribution in [1.82, 2.24) is 10.2 Å². The van der Waals surface area contributed by atoms with Gasteiger partial charge in [-0.3, -0.25) is 9.59 Å². The molecule has 1 atom stereocenters. The maximum absolute atomic E-state index is 13.3. The summed E-state index contributed by atoms with van der Waals surface area (Å²) in [5, 5.41) is 3.19. The first-order valence-corrected chi connectivity index (χ1v) is 11.1. The molecular weight excluding hydrogens is 372 g/mol. The Kier molecular flexibility index (Phi) is 7.67. The topological polar surface area (TPSA) is 49.4 Å². The van der Waals surface area contributed by atoms with Crippen LogP contribution in [0.5, 0.6) is 0 Å². The number of rotatable bonds is 7. The molecule has 160 valence electrons. The molecule has 3 rings (SSSR count). The van der Waals surface area contributed by atoms with Gasteiger partial charge in [-0.15, -0.1) is 0 Å². The van der Waals surface area contributed by atoms with Crippen LogP contribution in [0.25, 0.3) is 0 Å². The van der Waals surface area contributed by atoms with Crippen molar-refractivity contribution in [2.45, 2.75) is 77.9 Å². The van der Waals surface area contributed by atoms with Crippen LogP contribution in [0.3, 0.4) is 0 Å². The average Bonchev–Trinajstić information content (AvgIpc) is 2.75. The Balaban J connectivity index is 1.74. The fraction of sp³-hybridized carbons (Fsp3) is 0.462. The summed E-state index contributed by atoms with van der Waals surface area (Å²) in [5.41, 5.74) is 4.36. The number of nitrogens with zero attached hydrogens (tertiary/aromatic N) is 1. The standard InChI is InChI=1S/C26H34N2O2/c1-19-9-13-22(14-10-19)17-25(29)28(18-23-15-11-20(2)12-16-23)21(3)26(30)27-24-7-5-4-6-8-24/h9-16,21,24H,4-8,17-18H2,1-3H3,(H,27,30). The highest BCUT2D eigenvalue weighted by atomic mass is 16.2. The summed E-state index contributed by atoms with van der Waals surface area (Å²) in [6, 6.07) is 15.9. The average molecular weight is 407 g/mol. The van der Waals surface area contributed by atoms with Crippen molar-refractivity contribution in [3.05, 3.63) is 70.8 Å². The fourth-order valence-electron chi connectivity index (χ4n) is 4.02. The highest BCUT2D eigenvalue weighted by Gasteiger charge is 2.28. The Labute approximate surface area is 180 Å². The molecule has 30 heavy (non-hydrogen) atoms. The van der Waals surface area contributed by atoms with E-state index in [1.807, 2.05) is 69.3 Å². The maximum atomic E-state index is 13.3. The van der Waals surface area contributed by atoms with Gasteiger partial charge in [0.15, 0.2) is 0 Å². The minimum Gasteiger partial charge on any atom is -0.352 e. The molecule has 0 saturated heterocycles. The van der Waals surface area contributed by atoms with Crippen LogP contribution >= 0.6 is 0 Å². The minimum absolute atomic E-state index is 0.0225. The molecule has 0 aromatic heterocycles. The van der Waals surface area contributed by atoms with E-state index in [1.54, 1.807) is 4.90 Å². The molecule has 2 aromatic rings. The monoisotopic (exact) mass is 406 g/mol. The summed E-state index contributed by atoms with van der Waals surface area (Å²) in [7, 11) is 0. The molecule has 1 aliphatic carbocycles. The largest absolute Gasteiger partial charge is 0.352 e. The molecule has 0 heterocycles. The van der Waals surface area contributed by atoms with Crippen LogP contribution in [-0.2, 0) is 22.6 Å². The molecule has 4 nitrogen and oxygen atoms in total. The van der Waals surface area contributed by atoms with E-state index in [1.165, 1.54) is 30.4 Å². The first kappa shape index (κ1) is 22.1. The van der Waals surface area contributed by atoms with E-state index in [4.69, 9.17) is 0 Å². The predicted octanol–water partition coefficient (Wildman–Crippen LogP) is 4.71. The zero-order valence-electron chi connectivity index (χ0n) is 18.5. The van der Waals surface area contributed by atoms with Crippen molar-refractivity contribution in [2.24, 2.45) is 0 Å². The second-order valence-electron chi connectivity index (χ2n) is 8.69. The zero-order valence-corrected chi connectivity index (χ0v) is 18.5. The normalized spacial score (nSPS) is 15.4. The van der Waals surface area contributed by atoms with Crippen LogP contribution in [0.4, 0.5) is 0 Å². The van der Waals surface area contributed by atoms with E-state index in [0.717, 1.165) is 24.0 Å². The first-order chi connectivity index (χ1) is 14.4. The van der Waals surface area contributed by atoms with Crippen LogP contribution in [0.1, 0.15) is 61.3 Å². The molecule has 1 fully saturated rings. The Morgan fingerprint density at radius 3 is 2.00 bits per heavy atom. The lowest BCUT2D eigenvalue weighted by Gasteiger charge is -2.31. The molecule has 1 saturated carbocycles. The van der Waals surface area contributed by atoms with Gasteiger partial charge in [-0.1, -0.05) is 78.9 Å². The van der Waals surface area contributed by atoms with E-state index in [9.17, 15) is 9.59 Å². The van der Waals surface area contributed by atoms with Crippen LogP contribution < -0.4 is 5.32 Å². The van der Waals surface area contributed by atoms with Crippen LogP contribution in [0, 0.1) is 13.8 Å². The summed E-state index contributed by atoms with van der Waals surface area (Å²) in [4.78, 5) is 28.0. The van der Waals surface area contributed by atoms with E-state index >= 15 is 0 Å². The Hall–Kier alpha value is -2.62. The first-order valence-electron chi connectivity index (χ1n) is 11.1. The van der Waals surface area contributed by atoms with Crippen LogP contribution in [0.2, 0.25) is 0 Å². The third-order valence-corrected chi connectivity index (χ3v) is 6.07. The van der Waals surface area contributed by atoms with Crippen molar-refractivity contribution < 1.29 is 9.59 Å². The molecule has 0 bridgehead atoms. The van der Waals surface area contributed by atoms with Gasteiger partial charge < -0.3 is 10.2 Å². The van der Waals surface area contributed by atoms with Gasteiger partial charge in [0.2, 0.25) is 11.8 Å². The van der Waals surface area contributed by atoms with E-state index in [-0.39, 0.29) is 17.9 Å². The van der Waals surface area contributed by atoms with E-state index < -0.39 is 6.04 Å². The van der Waals surface area contributed by atoms with Crippen molar-refractivity contribution in [1.29, 1.82) is 0 Å². The molecule has 2 aromatic carbocycles. The molecule has 0 radical (unpaired) electrons. The molecule has 0 spiro atoms. The van der Waals surface area contributed by atoms with Crippen molar-refractivity contribution in [2.75, 3.05) is 0 Å². The van der Waals surface area contributed by atoms with Crippen molar-refractivity contribution >= 4 is 11.8 Å². The van der Waals surface area contributed by atoms with Gasteiger partial charge in [0.25, 0.3) is 0 Å². The zero-order chi connectivity index (χ0) is 21.5. The summed E-state index contributed by atoms with van der Waals surface area (Å²) < 4.78 is 0. The number of benzene rings is 2. The van der Waals surface area contributed by atoms with Gasteiger partial charge in [0.1, 0.15) is 6.04 Å². The van der Waals surface area contributed by atoms with Crippen LogP contribution in [-0.4, -0.2) is 28.8 Å². The fourth-order valence-corrected chi connectivity index (χ4v) is 4.02. The smallest absolute Gasteiger partial charge is 0.242 e. The van der Waals surface area contributed by atoms with Gasteiger partial charge in [-0.05, 0) is 44.7 Å². The molecule has 2 amide bonds. The van der Waals surface area contributed by atoms with Crippen LogP contribution in [0.15, 0.2) is 48.5 Å². The second-order valence-corrected chi connectivity index (χ2v) is 8.69. The molecule has 0 aliphatic heterocycles. The van der Waals surface area contributed by atoms with Gasteiger partial charge in [-0.25, -0.2) is 0 Å².